The van der Waals surface area contributed by atoms with Gasteiger partial charge in [0, 0.05) is 0 Å². The van der Waals surface area contributed by atoms with Crippen molar-refractivity contribution in [1.82, 2.24) is 0 Å². The molecule has 5 atom stereocenters. The van der Waals surface area contributed by atoms with Gasteiger partial charge < -0.3 is 0 Å². The van der Waals surface area contributed by atoms with Crippen molar-refractivity contribution < 1.29 is 13.2 Å². The molecule has 0 aromatic rings. The van der Waals surface area contributed by atoms with Crippen LogP contribution in [0.1, 0.15) is 39.0 Å². The van der Waals surface area contributed by atoms with E-state index in [1.165, 1.54) is 0 Å². The highest BCUT2D eigenvalue weighted by Crippen LogP contribution is 2.43. The van der Waals surface area contributed by atoms with Crippen LogP contribution in [0.4, 0.5) is 13.2 Å². The van der Waals surface area contributed by atoms with E-state index in [4.69, 9.17) is 0 Å². The van der Waals surface area contributed by atoms with E-state index in [1.54, 1.807) is 0 Å². The number of hydrogen-bond acceptors (Lipinski definition) is 2. The maximum atomic E-state index is 14.1. The molecule has 0 radical (unpaired) electrons. The smallest absolute Gasteiger partial charge is 0.126 e. The monoisotopic (exact) mass is 291 g/mol. The summed E-state index contributed by atoms with van der Waals surface area (Å²) in [6.45, 7) is 2.03. The molecule has 5 unspecified atom stereocenters. The van der Waals surface area contributed by atoms with Crippen LogP contribution in [0.3, 0.4) is 0 Å². The lowest BCUT2D eigenvalue weighted by atomic mass is 9.69. The van der Waals surface area contributed by atoms with Gasteiger partial charge in [0.25, 0.3) is 0 Å². The molecule has 19 heavy (non-hydrogen) atoms. The van der Waals surface area contributed by atoms with Gasteiger partial charge in [-0.25, -0.2) is 18.2 Å². The van der Waals surface area contributed by atoms with Crippen LogP contribution >= 0.6 is 12.2 Å². The summed E-state index contributed by atoms with van der Waals surface area (Å²) in [5, 5.41) is 2.06. The molecule has 108 valence electrons. The molecule has 0 N–H and O–H groups in total. The van der Waals surface area contributed by atoms with Crippen LogP contribution < -0.4 is 0 Å². The number of halogens is 3. The van der Waals surface area contributed by atoms with Gasteiger partial charge in [-0.1, -0.05) is 13.3 Å². The lowest BCUT2D eigenvalue weighted by molar-refractivity contribution is 0.0160. The molecule has 2 rings (SSSR count). The summed E-state index contributed by atoms with van der Waals surface area (Å²) in [5.74, 6) is -0.0152. The van der Waals surface area contributed by atoms with Crippen LogP contribution in [0.2, 0.25) is 0 Å². The molecule has 2 aliphatic carbocycles. The number of thiocarbonyl (C=S) groups is 1. The lowest BCUT2D eigenvalue weighted by Crippen LogP contribution is -2.43. The van der Waals surface area contributed by atoms with E-state index >= 15 is 0 Å². The molecule has 2 aliphatic rings. The first-order valence-corrected chi connectivity index (χ1v) is 7.43. The fourth-order valence-corrected chi connectivity index (χ4v) is 3.74. The Balaban J connectivity index is 2.01. The van der Waals surface area contributed by atoms with E-state index < -0.39 is 24.6 Å². The number of isothiocyanates is 1. The fraction of sp³-hybridized carbons (Fsp3) is 0.929. The first kappa shape index (κ1) is 15.0. The van der Waals surface area contributed by atoms with E-state index in [1.807, 2.05) is 6.92 Å². The van der Waals surface area contributed by atoms with Gasteiger partial charge in [-0.15, -0.1) is 0 Å². The quantitative estimate of drug-likeness (QED) is 0.545. The zero-order valence-corrected chi connectivity index (χ0v) is 11.9. The Morgan fingerprint density at radius 3 is 2.16 bits per heavy atom. The van der Waals surface area contributed by atoms with Gasteiger partial charge in [0.15, 0.2) is 0 Å². The molecule has 0 aromatic heterocycles. The van der Waals surface area contributed by atoms with Gasteiger partial charge in [0.05, 0.1) is 5.16 Å². The van der Waals surface area contributed by atoms with Crippen LogP contribution in [-0.4, -0.2) is 29.7 Å². The van der Waals surface area contributed by atoms with Gasteiger partial charge in [-0.3, -0.25) is 0 Å². The van der Waals surface area contributed by atoms with Crippen molar-refractivity contribution in [2.24, 2.45) is 22.7 Å². The SMILES string of the molecule is CC1CCC(C2CC(F)C(N=C=S)C(F)C2)C(F)C1. The first-order valence-electron chi connectivity index (χ1n) is 7.02. The molecule has 0 heterocycles. The third-order valence-corrected chi connectivity index (χ3v) is 4.79. The van der Waals surface area contributed by atoms with E-state index in [-0.39, 0.29) is 24.7 Å². The van der Waals surface area contributed by atoms with Crippen LogP contribution in [-0.2, 0) is 0 Å². The number of rotatable bonds is 2. The minimum atomic E-state index is -1.37. The van der Waals surface area contributed by atoms with E-state index in [2.05, 4.69) is 22.4 Å². The van der Waals surface area contributed by atoms with Gasteiger partial charge in [0.2, 0.25) is 0 Å². The Hall–Kier alpha value is -0.410. The first-order chi connectivity index (χ1) is 9.02. The normalized spacial score (nSPS) is 47.5. The fourth-order valence-electron chi connectivity index (χ4n) is 3.62. The highest BCUT2D eigenvalue weighted by atomic mass is 32.1. The van der Waals surface area contributed by atoms with Crippen molar-refractivity contribution in [2.75, 3.05) is 0 Å². The summed E-state index contributed by atoms with van der Waals surface area (Å²) in [6.07, 6.45) is -1.03. The maximum absolute atomic E-state index is 14.1. The molecule has 0 amide bonds. The van der Waals surface area contributed by atoms with Gasteiger partial charge in [-0.05, 0) is 55.7 Å². The summed E-state index contributed by atoms with van der Waals surface area (Å²) in [4.78, 5) is 3.58. The molecular weight excluding hydrogens is 271 g/mol. The summed E-state index contributed by atoms with van der Waals surface area (Å²) < 4.78 is 42.0. The average molecular weight is 291 g/mol. The van der Waals surface area contributed by atoms with Gasteiger partial charge >= 0.3 is 0 Å². The van der Waals surface area contributed by atoms with Crippen LogP contribution in [0.15, 0.2) is 4.99 Å². The number of hydrogen-bond donors (Lipinski definition) is 0. The summed E-state index contributed by atoms with van der Waals surface area (Å²) in [5.41, 5.74) is 0. The van der Waals surface area contributed by atoms with Crippen LogP contribution in [0, 0.1) is 17.8 Å². The Kier molecular flexibility index (Phi) is 5.02. The van der Waals surface area contributed by atoms with Crippen molar-refractivity contribution in [1.29, 1.82) is 0 Å². The molecule has 5 heteroatoms. The average Bonchev–Trinajstić information content (AvgIpc) is 2.33. The Bertz CT molecular complexity index is 347. The van der Waals surface area contributed by atoms with Crippen molar-refractivity contribution in [3.05, 3.63) is 0 Å². The maximum Gasteiger partial charge on any atom is 0.126 e. The highest BCUT2D eigenvalue weighted by Gasteiger charge is 2.44. The van der Waals surface area contributed by atoms with Crippen molar-refractivity contribution in [3.63, 3.8) is 0 Å². The van der Waals surface area contributed by atoms with E-state index in [0.717, 1.165) is 12.8 Å². The number of nitrogens with zero attached hydrogens (tertiary/aromatic N) is 1. The summed E-state index contributed by atoms with van der Waals surface area (Å²) >= 11 is 4.42. The van der Waals surface area contributed by atoms with Gasteiger partial charge in [-0.2, -0.15) is 0 Å². The molecule has 1 nitrogen and oxygen atoms in total. The van der Waals surface area contributed by atoms with Crippen LogP contribution in [0.25, 0.3) is 0 Å². The molecule has 2 saturated carbocycles. The largest absolute Gasteiger partial charge is 0.247 e. The van der Waals surface area contributed by atoms with Crippen molar-refractivity contribution >= 4 is 17.4 Å². The predicted molar refractivity (Wildman–Crippen MR) is 72.7 cm³/mol. The third-order valence-electron chi connectivity index (χ3n) is 4.69. The zero-order chi connectivity index (χ0) is 14.0. The second kappa shape index (κ2) is 6.36. The second-order valence-electron chi connectivity index (χ2n) is 6.07. The lowest BCUT2D eigenvalue weighted by Gasteiger charge is -2.40. The molecule has 0 saturated heterocycles. The minimum Gasteiger partial charge on any atom is -0.247 e. The van der Waals surface area contributed by atoms with Crippen molar-refractivity contribution in [3.8, 4) is 0 Å². The molecule has 0 bridgehead atoms. The molecule has 0 aliphatic heterocycles. The van der Waals surface area contributed by atoms with Crippen molar-refractivity contribution in [2.45, 2.75) is 63.6 Å². The van der Waals surface area contributed by atoms with Crippen LogP contribution in [0.5, 0.6) is 0 Å². The minimum absolute atomic E-state index is 0.190. The predicted octanol–water partition coefficient (Wildman–Crippen LogP) is 4.32. The van der Waals surface area contributed by atoms with E-state index in [0.29, 0.717) is 12.3 Å². The highest BCUT2D eigenvalue weighted by molar-refractivity contribution is 7.78. The molecular formula is C14H20F3NS. The number of aliphatic imine (C=N–C) groups is 1. The zero-order valence-electron chi connectivity index (χ0n) is 11.1. The Morgan fingerprint density at radius 1 is 1.00 bits per heavy atom. The Morgan fingerprint density at radius 2 is 1.63 bits per heavy atom. The molecule has 0 aromatic carbocycles. The standard InChI is InChI=1S/C14H20F3NS/c1-8-2-3-10(11(15)4-8)9-5-12(16)14(18-7-19)13(17)6-9/h8-14H,2-6H2,1H3. The summed E-state index contributed by atoms with van der Waals surface area (Å²) in [7, 11) is 0. The summed E-state index contributed by atoms with van der Waals surface area (Å²) in [6, 6.07) is -1.03. The molecule has 0 spiro atoms. The van der Waals surface area contributed by atoms with Gasteiger partial charge in [0.1, 0.15) is 24.6 Å². The molecule has 2 fully saturated rings. The van der Waals surface area contributed by atoms with E-state index in [9.17, 15) is 13.2 Å². The number of alkyl halides is 3. The Labute approximate surface area is 117 Å². The third kappa shape index (κ3) is 3.38. The topological polar surface area (TPSA) is 12.4 Å². The second-order valence-corrected chi connectivity index (χ2v) is 6.26.